The molecule has 3 heteroatoms. The molecule has 0 radical (unpaired) electrons. The van der Waals surface area contributed by atoms with Gasteiger partial charge < -0.3 is 4.74 Å². The molecule has 0 N–H and O–H groups in total. The maximum atomic E-state index is 5.43. The number of hydrogen-bond acceptors (Lipinski definition) is 3. The fourth-order valence-corrected chi connectivity index (χ4v) is 1.65. The zero-order chi connectivity index (χ0) is 7.31. The average molecular weight is 148 g/mol. The number of aromatic nitrogens is 2. The monoisotopic (exact) mass is 148 g/mol. The lowest BCUT2D eigenvalue weighted by Crippen LogP contribution is -2.07. The van der Waals surface area contributed by atoms with Gasteiger partial charge >= 0.3 is 0 Å². The minimum atomic E-state index is 0.330. The molecule has 3 nitrogen and oxygen atoms in total. The van der Waals surface area contributed by atoms with E-state index >= 15 is 0 Å². The largest absolute Gasteiger partial charge is 0.476 e. The lowest BCUT2D eigenvalue weighted by Gasteiger charge is -1.99. The second-order valence-electron chi connectivity index (χ2n) is 3.31. The molecule has 56 valence electrons. The first-order valence-electron chi connectivity index (χ1n) is 3.84. The van der Waals surface area contributed by atoms with Crippen molar-refractivity contribution in [3.05, 3.63) is 18.1 Å². The van der Waals surface area contributed by atoms with Crippen molar-refractivity contribution in [1.82, 2.24) is 9.97 Å². The SMILES string of the molecule is c1ncc2c(n1)OCC21CC1. The minimum absolute atomic E-state index is 0.330. The lowest BCUT2D eigenvalue weighted by molar-refractivity contribution is 0.314. The summed E-state index contributed by atoms with van der Waals surface area (Å²) in [7, 11) is 0. The van der Waals surface area contributed by atoms with Gasteiger partial charge in [0.25, 0.3) is 0 Å². The van der Waals surface area contributed by atoms with Crippen molar-refractivity contribution in [2.24, 2.45) is 0 Å². The Kier molecular flexibility index (Phi) is 0.776. The van der Waals surface area contributed by atoms with Gasteiger partial charge in [-0.15, -0.1) is 0 Å². The predicted octanol–water partition coefficient (Wildman–Crippen LogP) is 0.901. The molecule has 1 aliphatic heterocycles. The van der Waals surface area contributed by atoms with Crippen LogP contribution in [0.15, 0.2) is 12.5 Å². The molecule has 0 aromatic carbocycles. The molecule has 1 aromatic heterocycles. The van der Waals surface area contributed by atoms with E-state index in [9.17, 15) is 0 Å². The van der Waals surface area contributed by atoms with E-state index in [2.05, 4.69) is 9.97 Å². The Labute approximate surface area is 64.4 Å². The zero-order valence-corrected chi connectivity index (χ0v) is 6.08. The van der Waals surface area contributed by atoms with Gasteiger partial charge in [-0.2, -0.15) is 0 Å². The van der Waals surface area contributed by atoms with Gasteiger partial charge in [0.15, 0.2) is 0 Å². The molecule has 0 amide bonds. The van der Waals surface area contributed by atoms with Crippen molar-refractivity contribution < 1.29 is 4.74 Å². The van der Waals surface area contributed by atoms with Crippen molar-refractivity contribution in [2.45, 2.75) is 18.3 Å². The molecule has 1 fully saturated rings. The van der Waals surface area contributed by atoms with Crippen LogP contribution in [0.5, 0.6) is 5.88 Å². The summed E-state index contributed by atoms with van der Waals surface area (Å²) < 4.78 is 5.43. The van der Waals surface area contributed by atoms with Crippen molar-refractivity contribution in [1.29, 1.82) is 0 Å². The van der Waals surface area contributed by atoms with E-state index in [1.54, 1.807) is 6.33 Å². The first-order valence-corrected chi connectivity index (χ1v) is 3.84. The zero-order valence-electron chi connectivity index (χ0n) is 6.08. The molecule has 2 heterocycles. The van der Waals surface area contributed by atoms with Crippen molar-refractivity contribution in [3.8, 4) is 5.88 Å². The third-order valence-electron chi connectivity index (χ3n) is 2.59. The topological polar surface area (TPSA) is 35.0 Å². The van der Waals surface area contributed by atoms with E-state index in [-0.39, 0.29) is 0 Å². The molecular weight excluding hydrogens is 140 g/mol. The molecule has 0 atom stereocenters. The van der Waals surface area contributed by atoms with E-state index in [0.29, 0.717) is 5.41 Å². The van der Waals surface area contributed by atoms with Crippen LogP contribution in [0.2, 0.25) is 0 Å². The Morgan fingerprint density at radius 2 is 2.36 bits per heavy atom. The fraction of sp³-hybridized carbons (Fsp3) is 0.500. The lowest BCUT2D eigenvalue weighted by atomic mass is 10.0. The second kappa shape index (κ2) is 1.55. The summed E-state index contributed by atoms with van der Waals surface area (Å²) in [5.41, 5.74) is 1.55. The molecular formula is C8H8N2O. The summed E-state index contributed by atoms with van der Waals surface area (Å²) >= 11 is 0. The first-order chi connectivity index (χ1) is 5.41. The number of fused-ring (bicyclic) bond motifs is 2. The van der Waals surface area contributed by atoms with E-state index in [1.165, 1.54) is 18.4 Å². The van der Waals surface area contributed by atoms with Crippen LogP contribution in [0.1, 0.15) is 18.4 Å². The summed E-state index contributed by atoms with van der Waals surface area (Å²) in [4.78, 5) is 8.06. The van der Waals surface area contributed by atoms with Crippen LogP contribution in [-0.2, 0) is 5.41 Å². The van der Waals surface area contributed by atoms with Gasteiger partial charge in [-0.3, -0.25) is 0 Å². The number of hydrogen-bond donors (Lipinski definition) is 0. The van der Waals surface area contributed by atoms with Gasteiger partial charge in [-0.05, 0) is 12.8 Å². The molecule has 2 aliphatic rings. The number of nitrogens with zero attached hydrogens (tertiary/aromatic N) is 2. The maximum Gasteiger partial charge on any atom is 0.220 e. The highest BCUT2D eigenvalue weighted by atomic mass is 16.5. The Bertz CT molecular complexity index is 307. The first kappa shape index (κ1) is 5.52. The molecule has 1 saturated carbocycles. The van der Waals surface area contributed by atoms with Crippen LogP contribution in [0.4, 0.5) is 0 Å². The van der Waals surface area contributed by atoms with Gasteiger partial charge in [0.05, 0.1) is 6.61 Å². The molecule has 11 heavy (non-hydrogen) atoms. The Morgan fingerprint density at radius 3 is 3.18 bits per heavy atom. The second-order valence-corrected chi connectivity index (χ2v) is 3.31. The highest BCUT2D eigenvalue weighted by Gasteiger charge is 2.51. The van der Waals surface area contributed by atoms with Crippen LogP contribution in [-0.4, -0.2) is 16.6 Å². The molecule has 0 bridgehead atoms. The van der Waals surface area contributed by atoms with Gasteiger partial charge in [-0.1, -0.05) is 0 Å². The Balaban J connectivity index is 2.21. The quantitative estimate of drug-likeness (QED) is 0.548. The van der Waals surface area contributed by atoms with E-state index < -0.39 is 0 Å². The smallest absolute Gasteiger partial charge is 0.220 e. The molecule has 1 aromatic rings. The van der Waals surface area contributed by atoms with Crippen molar-refractivity contribution in [2.75, 3.05) is 6.61 Å². The van der Waals surface area contributed by atoms with Gasteiger partial charge in [0.2, 0.25) is 5.88 Å². The van der Waals surface area contributed by atoms with E-state index in [4.69, 9.17) is 4.74 Å². The predicted molar refractivity (Wildman–Crippen MR) is 38.4 cm³/mol. The molecule has 1 spiro atoms. The molecule has 0 saturated heterocycles. The summed E-state index contributed by atoms with van der Waals surface area (Å²) in [6, 6.07) is 0. The van der Waals surface area contributed by atoms with Crippen LogP contribution in [0.25, 0.3) is 0 Å². The van der Waals surface area contributed by atoms with Crippen LogP contribution < -0.4 is 4.74 Å². The van der Waals surface area contributed by atoms with E-state index in [0.717, 1.165) is 12.5 Å². The molecule has 1 aliphatic carbocycles. The Hall–Kier alpha value is -1.12. The third-order valence-corrected chi connectivity index (χ3v) is 2.59. The third kappa shape index (κ3) is 0.582. The minimum Gasteiger partial charge on any atom is -0.476 e. The summed E-state index contributed by atoms with van der Waals surface area (Å²) in [5, 5.41) is 0. The maximum absolute atomic E-state index is 5.43. The van der Waals surface area contributed by atoms with Crippen molar-refractivity contribution in [3.63, 3.8) is 0 Å². The average Bonchev–Trinajstić information content (AvgIpc) is 2.72. The van der Waals surface area contributed by atoms with Gasteiger partial charge in [0.1, 0.15) is 6.33 Å². The van der Waals surface area contributed by atoms with Gasteiger partial charge in [-0.25, -0.2) is 9.97 Å². The van der Waals surface area contributed by atoms with E-state index in [1.807, 2.05) is 6.20 Å². The highest BCUT2D eigenvalue weighted by molar-refractivity contribution is 5.40. The highest BCUT2D eigenvalue weighted by Crippen LogP contribution is 2.54. The summed E-state index contributed by atoms with van der Waals surface area (Å²) in [6.45, 7) is 0.820. The standard InChI is InChI=1S/C8H8N2O/c1-2-8(1)4-11-7-6(8)3-9-5-10-7/h3,5H,1-2,4H2. The molecule has 3 rings (SSSR count). The van der Waals surface area contributed by atoms with Crippen LogP contribution in [0.3, 0.4) is 0 Å². The summed E-state index contributed by atoms with van der Waals surface area (Å²) in [5.74, 6) is 0.803. The summed E-state index contributed by atoms with van der Waals surface area (Å²) in [6.07, 6.45) is 5.92. The molecule has 0 unspecified atom stereocenters. The van der Waals surface area contributed by atoms with Crippen LogP contribution >= 0.6 is 0 Å². The number of ether oxygens (including phenoxy) is 1. The van der Waals surface area contributed by atoms with Gasteiger partial charge in [0, 0.05) is 17.2 Å². The van der Waals surface area contributed by atoms with Crippen LogP contribution in [0, 0.1) is 0 Å². The Morgan fingerprint density at radius 1 is 1.45 bits per heavy atom. The normalized spacial score (nSPS) is 22.9. The fourth-order valence-electron chi connectivity index (χ4n) is 1.65. The number of rotatable bonds is 0. The van der Waals surface area contributed by atoms with Crippen molar-refractivity contribution >= 4 is 0 Å².